The molecular weight excluding hydrogens is 316 g/mol. The molecule has 0 fully saturated rings. The summed E-state index contributed by atoms with van der Waals surface area (Å²) in [5.41, 5.74) is 7.57. The zero-order chi connectivity index (χ0) is 13.6. The van der Waals surface area contributed by atoms with Gasteiger partial charge in [-0.3, -0.25) is 4.40 Å². The zero-order valence-corrected chi connectivity index (χ0v) is 11.2. The first-order valence-electron chi connectivity index (χ1n) is 5.45. The molecule has 0 unspecified atom stereocenters. The van der Waals surface area contributed by atoms with Crippen molar-refractivity contribution in [1.82, 2.24) is 9.38 Å². The summed E-state index contributed by atoms with van der Waals surface area (Å²) in [4.78, 5) is 4.31. The average Bonchev–Trinajstić information content (AvgIpc) is 2.70. The largest absolute Gasteiger partial charge is 0.398 e. The number of rotatable bonds is 1. The molecule has 0 atom stereocenters. The first kappa shape index (κ1) is 12.1. The molecule has 1 aromatic carbocycles. The standard InChI is InChI=1S/C13H8BrF2N3/c14-12-11-4-2-8(17)6-19(11)13(18-12)7-1-3-9(15)10(16)5-7/h1-6H,17H2. The normalized spacial score (nSPS) is 11.1. The molecule has 0 saturated carbocycles. The lowest BCUT2D eigenvalue weighted by Gasteiger charge is -2.03. The minimum Gasteiger partial charge on any atom is -0.398 e. The molecule has 3 rings (SSSR count). The molecule has 3 aromatic rings. The van der Waals surface area contributed by atoms with Crippen LogP contribution in [0.2, 0.25) is 0 Å². The molecule has 0 amide bonds. The maximum Gasteiger partial charge on any atom is 0.159 e. The lowest BCUT2D eigenvalue weighted by Crippen LogP contribution is -1.94. The predicted octanol–water partition coefficient (Wildman–Crippen LogP) is 3.62. The topological polar surface area (TPSA) is 43.3 Å². The molecule has 19 heavy (non-hydrogen) atoms. The van der Waals surface area contributed by atoms with E-state index in [1.807, 2.05) is 0 Å². The Balaban J connectivity index is 2.29. The highest BCUT2D eigenvalue weighted by atomic mass is 79.9. The van der Waals surface area contributed by atoms with Crippen LogP contribution < -0.4 is 5.73 Å². The van der Waals surface area contributed by atoms with Crippen LogP contribution in [0.4, 0.5) is 14.5 Å². The summed E-state index contributed by atoms with van der Waals surface area (Å²) in [7, 11) is 0. The highest BCUT2D eigenvalue weighted by molar-refractivity contribution is 9.10. The fraction of sp³-hybridized carbons (Fsp3) is 0. The molecule has 0 radical (unpaired) electrons. The van der Waals surface area contributed by atoms with Gasteiger partial charge in [-0.05, 0) is 46.3 Å². The molecule has 2 N–H and O–H groups in total. The summed E-state index contributed by atoms with van der Waals surface area (Å²) in [6.07, 6.45) is 1.68. The summed E-state index contributed by atoms with van der Waals surface area (Å²) >= 11 is 3.33. The van der Waals surface area contributed by atoms with E-state index in [9.17, 15) is 8.78 Å². The predicted molar refractivity (Wildman–Crippen MR) is 72.7 cm³/mol. The van der Waals surface area contributed by atoms with Crippen LogP contribution in [0.1, 0.15) is 0 Å². The van der Waals surface area contributed by atoms with Gasteiger partial charge in [0.15, 0.2) is 11.6 Å². The molecular formula is C13H8BrF2N3. The first-order chi connectivity index (χ1) is 9.06. The number of fused-ring (bicyclic) bond motifs is 1. The number of halogens is 3. The van der Waals surface area contributed by atoms with E-state index in [0.29, 0.717) is 21.7 Å². The van der Waals surface area contributed by atoms with Crippen molar-refractivity contribution in [2.75, 3.05) is 5.73 Å². The summed E-state index contributed by atoms with van der Waals surface area (Å²) < 4.78 is 28.6. The smallest absolute Gasteiger partial charge is 0.159 e. The van der Waals surface area contributed by atoms with E-state index < -0.39 is 11.6 Å². The van der Waals surface area contributed by atoms with Crippen molar-refractivity contribution in [3.05, 3.63) is 52.8 Å². The molecule has 0 saturated heterocycles. The lowest BCUT2D eigenvalue weighted by molar-refractivity contribution is 0.509. The molecule has 0 aliphatic rings. The van der Waals surface area contributed by atoms with E-state index in [2.05, 4.69) is 20.9 Å². The van der Waals surface area contributed by atoms with E-state index in [-0.39, 0.29) is 0 Å². The molecule has 2 heterocycles. The molecule has 0 bridgehead atoms. The van der Waals surface area contributed by atoms with Gasteiger partial charge in [0.05, 0.1) is 5.52 Å². The Morgan fingerprint density at radius 1 is 1.11 bits per heavy atom. The lowest BCUT2D eigenvalue weighted by atomic mass is 10.2. The van der Waals surface area contributed by atoms with Crippen LogP contribution in [-0.4, -0.2) is 9.38 Å². The van der Waals surface area contributed by atoms with Crippen LogP contribution in [0.15, 0.2) is 41.1 Å². The van der Waals surface area contributed by atoms with Gasteiger partial charge in [0.1, 0.15) is 10.4 Å². The van der Waals surface area contributed by atoms with Crippen molar-refractivity contribution >= 4 is 27.1 Å². The van der Waals surface area contributed by atoms with E-state index in [1.54, 1.807) is 22.7 Å². The first-order valence-corrected chi connectivity index (χ1v) is 6.24. The zero-order valence-electron chi connectivity index (χ0n) is 9.57. The number of anilines is 1. The minimum atomic E-state index is -0.908. The van der Waals surface area contributed by atoms with Crippen LogP contribution in [0.5, 0.6) is 0 Å². The number of imidazole rings is 1. The van der Waals surface area contributed by atoms with Crippen LogP contribution in [0.25, 0.3) is 16.9 Å². The van der Waals surface area contributed by atoms with Gasteiger partial charge in [-0.25, -0.2) is 13.8 Å². The third-order valence-electron chi connectivity index (χ3n) is 2.79. The third-order valence-corrected chi connectivity index (χ3v) is 3.38. The number of hydrogen-bond acceptors (Lipinski definition) is 2. The van der Waals surface area contributed by atoms with Crippen molar-refractivity contribution in [1.29, 1.82) is 0 Å². The third kappa shape index (κ3) is 1.98. The number of pyridine rings is 1. The Bertz CT molecular complexity index is 783. The van der Waals surface area contributed by atoms with Gasteiger partial charge in [-0.1, -0.05) is 0 Å². The fourth-order valence-electron chi connectivity index (χ4n) is 1.90. The van der Waals surface area contributed by atoms with E-state index in [1.165, 1.54) is 6.07 Å². The van der Waals surface area contributed by atoms with E-state index in [0.717, 1.165) is 17.6 Å². The number of aromatic nitrogens is 2. The van der Waals surface area contributed by atoms with Gasteiger partial charge >= 0.3 is 0 Å². The molecule has 96 valence electrons. The quantitative estimate of drug-likeness (QED) is 0.743. The van der Waals surface area contributed by atoms with Gasteiger partial charge in [0.2, 0.25) is 0 Å². The summed E-state index contributed by atoms with van der Waals surface area (Å²) in [6.45, 7) is 0. The highest BCUT2D eigenvalue weighted by Crippen LogP contribution is 2.27. The monoisotopic (exact) mass is 323 g/mol. The molecule has 0 aliphatic carbocycles. The maximum absolute atomic E-state index is 13.3. The Kier molecular flexibility index (Phi) is 2.74. The van der Waals surface area contributed by atoms with Gasteiger partial charge in [0, 0.05) is 17.4 Å². The number of hydrogen-bond donors (Lipinski definition) is 1. The van der Waals surface area contributed by atoms with Crippen molar-refractivity contribution in [3.8, 4) is 11.4 Å². The van der Waals surface area contributed by atoms with Crippen molar-refractivity contribution in [2.24, 2.45) is 0 Å². The Morgan fingerprint density at radius 2 is 1.89 bits per heavy atom. The molecule has 2 aromatic heterocycles. The average molecular weight is 324 g/mol. The number of nitrogens with zero attached hydrogens (tertiary/aromatic N) is 2. The fourth-order valence-corrected chi connectivity index (χ4v) is 2.39. The second kappa shape index (κ2) is 4.31. The Morgan fingerprint density at radius 3 is 2.63 bits per heavy atom. The second-order valence-electron chi connectivity index (χ2n) is 4.07. The SMILES string of the molecule is Nc1ccc2c(Br)nc(-c3ccc(F)c(F)c3)n2c1. The number of nitrogen functional groups attached to an aromatic ring is 1. The second-order valence-corrected chi connectivity index (χ2v) is 4.82. The molecule has 0 aliphatic heterocycles. The van der Waals surface area contributed by atoms with Gasteiger partial charge in [-0.15, -0.1) is 0 Å². The molecule has 0 spiro atoms. The highest BCUT2D eigenvalue weighted by Gasteiger charge is 2.13. The van der Waals surface area contributed by atoms with Crippen LogP contribution >= 0.6 is 15.9 Å². The van der Waals surface area contributed by atoms with Crippen molar-refractivity contribution < 1.29 is 8.78 Å². The van der Waals surface area contributed by atoms with Crippen LogP contribution in [0, 0.1) is 11.6 Å². The van der Waals surface area contributed by atoms with Crippen LogP contribution in [0.3, 0.4) is 0 Å². The van der Waals surface area contributed by atoms with Crippen LogP contribution in [-0.2, 0) is 0 Å². The van der Waals surface area contributed by atoms with Gasteiger partial charge < -0.3 is 5.73 Å². The summed E-state index contributed by atoms with van der Waals surface area (Å²) in [5, 5.41) is 0. The van der Waals surface area contributed by atoms with E-state index in [4.69, 9.17) is 5.73 Å². The van der Waals surface area contributed by atoms with Crippen molar-refractivity contribution in [3.63, 3.8) is 0 Å². The Labute approximate surface area is 115 Å². The minimum absolute atomic E-state index is 0.477. The van der Waals surface area contributed by atoms with Gasteiger partial charge in [0.25, 0.3) is 0 Å². The maximum atomic E-state index is 13.3. The summed E-state index contributed by atoms with van der Waals surface area (Å²) in [5.74, 6) is -1.30. The van der Waals surface area contributed by atoms with Gasteiger partial charge in [-0.2, -0.15) is 0 Å². The van der Waals surface area contributed by atoms with Crippen molar-refractivity contribution in [2.45, 2.75) is 0 Å². The Hall–Kier alpha value is -1.95. The number of benzene rings is 1. The molecule has 3 nitrogen and oxygen atoms in total. The van der Waals surface area contributed by atoms with E-state index >= 15 is 0 Å². The molecule has 6 heteroatoms. The summed E-state index contributed by atoms with van der Waals surface area (Å²) in [6, 6.07) is 7.21. The number of nitrogens with two attached hydrogens (primary N) is 1.